The number of hydrazone groups is 1. The van der Waals surface area contributed by atoms with Gasteiger partial charge in [0.15, 0.2) is 11.0 Å². The number of carbonyl (C=O) groups is 1. The van der Waals surface area contributed by atoms with Crippen LogP contribution in [0.5, 0.6) is 0 Å². The molecule has 0 N–H and O–H groups in total. The zero-order valence-corrected chi connectivity index (χ0v) is 17.1. The van der Waals surface area contributed by atoms with Gasteiger partial charge in [-0.15, -0.1) is 0 Å². The fourth-order valence-corrected chi connectivity index (χ4v) is 3.56. The minimum atomic E-state index is -0.589. The Balaban J connectivity index is 0.000000172. The van der Waals surface area contributed by atoms with Gasteiger partial charge in [0.05, 0.1) is 6.04 Å². The predicted molar refractivity (Wildman–Crippen MR) is 108 cm³/mol. The highest BCUT2D eigenvalue weighted by atomic mass is 35.5. The highest BCUT2D eigenvalue weighted by Gasteiger charge is 2.23. The van der Waals surface area contributed by atoms with Gasteiger partial charge < -0.3 is 9.69 Å². The fourth-order valence-electron chi connectivity index (χ4n) is 3.44. The van der Waals surface area contributed by atoms with E-state index in [9.17, 15) is 18.0 Å². The summed E-state index contributed by atoms with van der Waals surface area (Å²) in [4.78, 5) is 19.8. The SMILES string of the molecule is CN1N=CCC1c1cc(F)cc(F)c1.O=CC1CCN(c2ncnc(Cl)c2F)CC1. The molecule has 0 radical (unpaired) electrons. The minimum absolute atomic E-state index is 0.0415. The van der Waals surface area contributed by atoms with E-state index in [1.165, 1.54) is 18.5 Å². The first kappa shape index (κ1) is 22.0. The van der Waals surface area contributed by atoms with Gasteiger partial charge >= 0.3 is 0 Å². The molecule has 2 aliphatic rings. The Kier molecular flexibility index (Phi) is 7.25. The standard InChI is InChI=1S/C10H11ClFN3O.C10H10F2N2/c11-9-8(12)10(14-6-13-9)15-3-1-7(5-16)2-4-15;1-14-10(2-3-13-14)7-4-8(11)6-9(12)5-7/h5-7H,1-4H2;3-6,10H,2H2,1H3. The molecular weight excluding hydrogens is 419 g/mol. The molecule has 1 atom stereocenters. The van der Waals surface area contributed by atoms with Crippen LogP contribution in [0.1, 0.15) is 30.9 Å². The van der Waals surface area contributed by atoms with Gasteiger partial charge in [0.1, 0.15) is 24.2 Å². The summed E-state index contributed by atoms with van der Waals surface area (Å²) in [7, 11) is 1.79. The van der Waals surface area contributed by atoms with Crippen LogP contribution in [0.3, 0.4) is 0 Å². The third kappa shape index (κ3) is 5.27. The molecule has 0 bridgehead atoms. The number of nitrogens with zero attached hydrogens (tertiary/aromatic N) is 5. The Bertz CT molecular complexity index is 901. The second kappa shape index (κ2) is 9.88. The van der Waals surface area contributed by atoms with Crippen LogP contribution in [0.2, 0.25) is 5.15 Å². The molecule has 1 aromatic carbocycles. The Labute approximate surface area is 177 Å². The van der Waals surface area contributed by atoms with Crippen molar-refractivity contribution in [2.75, 3.05) is 25.0 Å². The molecule has 2 aliphatic heterocycles. The van der Waals surface area contributed by atoms with Crippen molar-refractivity contribution < 1.29 is 18.0 Å². The van der Waals surface area contributed by atoms with Gasteiger partial charge in [0.2, 0.25) is 5.82 Å². The lowest BCUT2D eigenvalue weighted by molar-refractivity contribution is -0.111. The van der Waals surface area contributed by atoms with Gasteiger partial charge in [0.25, 0.3) is 0 Å². The van der Waals surface area contributed by atoms with Gasteiger partial charge in [-0.3, -0.25) is 5.01 Å². The molecule has 1 aromatic heterocycles. The molecule has 160 valence electrons. The maximum atomic E-state index is 13.6. The van der Waals surface area contributed by atoms with E-state index in [1.54, 1.807) is 23.2 Å². The van der Waals surface area contributed by atoms with Crippen molar-refractivity contribution in [1.82, 2.24) is 15.0 Å². The molecule has 4 rings (SSSR count). The third-order valence-electron chi connectivity index (χ3n) is 5.07. The smallest absolute Gasteiger partial charge is 0.202 e. The fraction of sp³-hybridized carbons (Fsp3) is 0.400. The van der Waals surface area contributed by atoms with Crippen molar-refractivity contribution in [3.63, 3.8) is 0 Å². The average Bonchev–Trinajstić information content (AvgIpc) is 3.16. The van der Waals surface area contributed by atoms with E-state index in [2.05, 4.69) is 15.1 Å². The lowest BCUT2D eigenvalue weighted by Gasteiger charge is -2.30. The van der Waals surface area contributed by atoms with Crippen molar-refractivity contribution >= 4 is 29.9 Å². The Morgan fingerprint density at radius 3 is 2.33 bits per heavy atom. The van der Waals surface area contributed by atoms with Crippen LogP contribution < -0.4 is 4.90 Å². The lowest BCUT2D eigenvalue weighted by Crippen LogP contribution is -2.35. The molecule has 1 saturated heterocycles. The molecule has 0 saturated carbocycles. The van der Waals surface area contributed by atoms with E-state index < -0.39 is 17.5 Å². The zero-order chi connectivity index (χ0) is 21.7. The molecule has 10 heteroatoms. The molecule has 0 aliphatic carbocycles. The Hall–Kier alpha value is -2.68. The van der Waals surface area contributed by atoms with Crippen molar-refractivity contribution in [3.8, 4) is 0 Å². The van der Waals surface area contributed by atoms with E-state index >= 15 is 0 Å². The van der Waals surface area contributed by atoms with Gasteiger partial charge in [-0.25, -0.2) is 18.7 Å². The second-order valence-electron chi connectivity index (χ2n) is 7.09. The van der Waals surface area contributed by atoms with Crippen LogP contribution in [-0.2, 0) is 4.79 Å². The molecule has 1 unspecified atom stereocenters. The number of halogens is 4. The predicted octanol–water partition coefficient (Wildman–Crippen LogP) is 4.01. The van der Waals surface area contributed by atoms with Crippen molar-refractivity contribution in [3.05, 3.63) is 52.7 Å². The molecule has 3 heterocycles. The van der Waals surface area contributed by atoms with E-state index in [-0.39, 0.29) is 22.9 Å². The van der Waals surface area contributed by atoms with Crippen molar-refractivity contribution in [1.29, 1.82) is 0 Å². The van der Waals surface area contributed by atoms with Crippen molar-refractivity contribution in [2.24, 2.45) is 11.0 Å². The molecule has 6 nitrogen and oxygen atoms in total. The third-order valence-corrected chi connectivity index (χ3v) is 5.34. The maximum absolute atomic E-state index is 13.6. The monoisotopic (exact) mass is 439 g/mol. The van der Waals surface area contributed by atoms with Crippen LogP contribution in [0.4, 0.5) is 19.0 Å². The first-order valence-electron chi connectivity index (χ1n) is 9.46. The van der Waals surface area contributed by atoms with Crippen LogP contribution in [0.25, 0.3) is 0 Å². The molecule has 30 heavy (non-hydrogen) atoms. The number of benzene rings is 1. The molecule has 2 aromatic rings. The van der Waals surface area contributed by atoms with E-state index in [4.69, 9.17) is 11.6 Å². The number of carbonyl (C=O) groups excluding carboxylic acids is 1. The Morgan fingerprint density at radius 1 is 1.10 bits per heavy atom. The van der Waals surface area contributed by atoms with Crippen molar-refractivity contribution in [2.45, 2.75) is 25.3 Å². The van der Waals surface area contributed by atoms with E-state index in [0.717, 1.165) is 25.2 Å². The number of aromatic nitrogens is 2. The van der Waals surface area contributed by atoms with Crippen LogP contribution in [-0.4, -0.2) is 47.6 Å². The number of aldehydes is 1. The first-order valence-corrected chi connectivity index (χ1v) is 9.84. The van der Waals surface area contributed by atoms with Gasteiger partial charge in [-0.05, 0) is 30.5 Å². The summed E-state index contributed by atoms with van der Waals surface area (Å²) >= 11 is 5.58. The zero-order valence-electron chi connectivity index (χ0n) is 16.3. The second-order valence-corrected chi connectivity index (χ2v) is 7.45. The maximum Gasteiger partial charge on any atom is 0.202 e. The normalized spacial score (nSPS) is 18.9. The summed E-state index contributed by atoms with van der Waals surface area (Å²) in [6.45, 7) is 1.24. The number of piperidine rings is 1. The van der Waals surface area contributed by atoms with E-state index in [0.29, 0.717) is 25.1 Å². The van der Waals surface area contributed by atoms with E-state index in [1.807, 2.05) is 0 Å². The lowest BCUT2D eigenvalue weighted by atomic mass is 9.99. The Morgan fingerprint density at radius 2 is 1.77 bits per heavy atom. The topological polar surface area (TPSA) is 61.7 Å². The van der Waals surface area contributed by atoms with Gasteiger partial charge in [-0.2, -0.15) is 9.49 Å². The largest absolute Gasteiger partial charge is 0.354 e. The molecule has 1 fully saturated rings. The minimum Gasteiger partial charge on any atom is -0.354 e. The summed E-state index contributed by atoms with van der Waals surface area (Å²) < 4.78 is 39.4. The molecule has 0 amide bonds. The van der Waals surface area contributed by atoms with Crippen LogP contribution >= 0.6 is 11.6 Å². The van der Waals surface area contributed by atoms with Gasteiger partial charge in [-0.1, -0.05) is 11.6 Å². The number of anilines is 1. The summed E-state index contributed by atoms with van der Waals surface area (Å²) in [6.07, 6.45) is 6.09. The van der Waals surface area contributed by atoms with Gasteiger partial charge in [0, 0.05) is 44.8 Å². The number of hydrogen-bond acceptors (Lipinski definition) is 6. The summed E-state index contributed by atoms with van der Waals surface area (Å²) in [5.74, 6) is -1.37. The first-order chi connectivity index (χ1) is 14.4. The average molecular weight is 440 g/mol. The molecular formula is C20H21ClF3N5O. The highest BCUT2D eigenvalue weighted by molar-refractivity contribution is 6.29. The summed E-state index contributed by atoms with van der Waals surface area (Å²) in [5, 5.41) is 5.55. The highest BCUT2D eigenvalue weighted by Crippen LogP contribution is 2.27. The summed E-state index contributed by atoms with van der Waals surface area (Å²) in [6, 6.07) is 3.53. The number of rotatable bonds is 3. The quantitative estimate of drug-likeness (QED) is 0.534. The van der Waals surface area contributed by atoms with Crippen LogP contribution in [0.15, 0.2) is 29.6 Å². The summed E-state index contributed by atoms with van der Waals surface area (Å²) in [5.41, 5.74) is 0.627. The van der Waals surface area contributed by atoms with Crippen LogP contribution in [0, 0.1) is 23.4 Å². The molecule has 0 spiro atoms. The number of hydrogen-bond donors (Lipinski definition) is 0.